The molecule has 1 saturated heterocycles. The Kier molecular flexibility index (Phi) is 5.52. The topological polar surface area (TPSA) is 146 Å². The van der Waals surface area contributed by atoms with Crippen molar-refractivity contribution < 1.29 is 44.8 Å². The van der Waals surface area contributed by atoms with E-state index in [1.807, 2.05) is 0 Å². The molecule has 23 heavy (non-hydrogen) atoms. The van der Waals surface area contributed by atoms with Crippen LogP contribution in [0.25, 0.3) is 0 Å². The molecule has 9 heteroatoms. The standard InChI is InChI=1S/C14H18O9/c1-6-2-3-8(16)7(4-6)13(20)22-23-14-12(19)11(18)10(17)9(5-15)21-14/h2-4,9-12,14-19H,5H2,1H3/t9-,10-,11+,12-,14?/m1/s1. The van der Waals surface area contributed by atoms with E-state index in [1.54, 1.807) is 13.0 Å². The van der Waals surface area contributed by atoms with Crippen molar-refractivity contribution in [2.24, 2.45) is 0 Å². The van der Waals surface area contributed by atoms with Crippen LogP contribution < -0.4 is 0 Å². The Morgan fingerprint density at radius 3 is 2.57 bits per heavy atom. The third-order valence-corrected chi connectivity index (χ3v) is 3.44. The van der Waals surface area contributed by atoms with E-state index in [4.69, 9.17) is 9.84 Å². The highest BCUT2D eigenvalue weighted by Gasteiger charge is 2.45. The second-order valence-corrected chi connectivity index (χ2v) is 5.18. The number of benzene rings is 1. The normalized spacial score (nSPS) is 30.9. The van der Waals surface area contributed by atoms with Crippen molar-refractivity contribution in [1.82, 2.24) is 0 Å². The number of ether oxygens (including phenoxy) is 1. The number of aryl methyl sites for hydroxylation is 1. The summed E-state index contributed by atoms with van der Waals surface area (Å²) in [5.74, 6) is -1.36. The lowest BCUT2D eigenvalue weighted by Crippen LogP contribution is -2.59. The quantitative estimate of drug-likeness (QED) is 0.332. The summed E-state index contributed by atoms with van der Waals surface area (Å²) in [5.41, 5.74) is 0.539. The molecule has 1 aromatic rings. The van der Waals surface area contributed by atoms with Gasteiger partial charge >= 0.3 is 5.97 Å². The lowest BCUT2D eigenvalue weighted by atomic mass is 9.99. The van der Waals surface area contributed by atoms with Gasteiger partial charge in [0.15, 0.2) is 0 Å². The summed E-state index contributed by atoms with van der Waals surface area (Å²) in [6.45, 7) is 1.06. The van der Waals surface area contributed by atoms with Crippen molar-refractivity contribution in [3.63, 3.8) is 0 Å². The van der Waals surface area contributed by atoms with Gasteiger partial charge in [-0.3, -0.25) is 4.89 Å². The summed E-state index contributed by atoms with van der Waals surface area (Å²) in [4.78, 5) is 21.0. The molecule has 1 fully saturated rings. The molecular formula is C14H18O9. The largest absolute Gasteiger partial charge is 0.507 e. The first kappa shape index (κ1) is 17.6. The van der Waals surface area contributed by atoms with Crippen molar-refractivity contribution >= 4 is 5.97 Å². The van der Waals surface area contributed by atoms with Crippen LogP contribution in [-0.2, 0) is 14.5 Å². The molecule has 0 radical (unpaired) electrons. The SMILES string of the molecule is Cc1ccc(O)c(C(=O)OOC2O[C@H](CO)[C@@H](O)[C@H](O)[C@H]2O)c1. The van der Waals surface area contributed by atoms with Crippen LogP contribution in [-0.4, -0.2) is 68.8 Å². The van der Waals surface area contributed by atoms with E-state index in [-0.39, 0.29) is 11.3 Å². The van der Waals surface area contributed by atoms with Crippen LogP contribution in [0.5, 0.6) is 5.75 Å². The molecule has 5 atom stereocenters. The molecule has 0 amide bonds. The van der Waals surface area contributed by atoms with Crippen LogP contribution in [0.4, 0.5) is 0 Å². The minimum atomic E-state index is -1.70. The zero-order valence-corrected chi connectivity index (χ0v) is 12.2. The molecule has 128 valence electrons. The Morgan fingerprint density at radius 1 is 1.22 bits per heavy atom. The first-order valence-corrected chi connectivity index (χ1v) is 6.83. The molecule has 0 spiro atoms. The molecule has 0 aliphatic carbocycles. The van der Waals surface area contributed by atoms with Gasteiger partial charge in [-0.05, 0) is 24.6 Å². The average molecular weight is 330 g/mol. The second-order valence-electron chi connectivity index (χ2n) is 5.18. The summed E-state index contributed by atoms with van der Waals surface area (Å²) < 4.78 is 5.00. The molecule has 1 aromatic carbocycles. The molecule has 1 aliphatic heterocycles. The van der Waals surface area contributed by atoms with Gasteiger partial charge in [-0.1, -0.05) is 6.07 Å². The van der Waals surface area contributed by atoms with Gasteiger partial charge in [-0.2, -0.15) is 0 Å². The van der Waals surface area contributed by atoms with Crippen LogP contribution in [0.1, 0.15) is 15.9 Å². The van der Waals surface area contributed by atoms with Gasteiger partial charge in [-0.15, -0.1) is 4.89 Å². The fraction of sp³-hybridized carbons (Fsp3) is 0.500. The van der Waals surface area contributed by atoms with Crippen molar-refractivity contribution in [1.29, 1.82) is 0 Å². The predicted molar refractivity (Wildman–Crippen MR) is 73.1 cm³/mol. The van der Waals surface area contributed by atoms with E-state index in [0.29, 0.717) is 5.56 Å². The predicted octanol–water partition coefficient (Wildman–Crippen LogP) is -1.41. The van der Waals surface area contributed by atoms with Crippen LogP contribution in [0, 0.1) is 6.92 Å². The minimum Gasteiger partial charge on any atom is -0.507 e. The third kappa shape index (κ3) is 3.78. The highest BCUT2D eigenvalue weighted by atomic mass is 17.2. The van der Waals surface area contributed by atoms with Crippen molar-refractivity contribution in [3.8, 4) is 5.75 Å². The maximum atomic E-state index is 11.9. The second kappa shape index (κ2) is 7.21. The monoisotopic (exact) mass is 330 g/mol. The maximum absolute atomic E-state index is 11.9. The van der Waals surface area contributed by atoms with Crippen LogP contribution in [0.3, 0.4) is 0 Å². The number of carbonyl (C=O) groups excluding carboxylic acids is 1. The maximum Gasteiger partial charge on any atom is 0.376 e. The van der Waals surface area contributed by atoms with Gasteiger partial charge < -0.3 is 30.3 Å². The van der Waals surface area contributed by atoms with Gasteiger partial charge in [0.1, 0.15) is 35.7 Å². The molecule has 5 N–H and O–H groups in total. The van der Waals surface area contributed by atoms with Crippen LogP contribution >= 0.6 is 0 Å². The lowest BCUT2D eigenvalue weighted by molar-refractivity contribution is -0.399. The van der Waals surface area contributed by atoms with E-state index < -0.39 is 43.3 Å². The molecule has 1 unspecified atom stereocenters. The summed E-state index contributed by atoms with van der Waals surface area (Å²) in [6.07, 6.45) is -7.71. The van der Waals surface area contributed by atoms with E-state index >= 15 is 0 Å². The molecular weight excluding hydrogens is 312 g/mol. The zero-order valence-electron chi connectivity index (χ0n) is 12.2. The molecule has 9 nitrogen and oxygen atoms in total. The van der Waals surface area contributed by atoms with E-state index in [0.717, 1.165) is 0 Å². The van der Waals surface area contributed by atoms with Crippen molar-refractivity contribution in [3.05, 3.63) is 29.3 Å². The van der Waals surface area contributed by atoms with E-state index in [9.17, 15) is 25.2 Å². The van der Waals surface area contributed by atoms with Crippen LogP contribution in [0.2, 0.25) is 0 Å². The average Bonchev–Trinajstić information content (AvgIpc) is 2.54. The third-order valence-electron chi connectivity index (χ3n) is 3.44. The Labute approximate surface area is 131 Å². The van der Waals surface area contributed by atoms with E-state index in [1.165, 1.54) is 12.1 Å². The highest BCUT2D eigenvalue weighted by molar-refractivity contribution is 5.92. The smallest absolute Gasteiger partial charge is 0.376 e. The molecule has 2 rings (SSSR count). The number of phenolic OH excluding ortho intramolecular Hbond substituents is 1. The van der Waals surface area contributed by atoms with Gasteiger partial charge in [0.2, 0.25) is 6.29 Å². The number of phenols is 1. The highest BCUT2D eigenvalue weighted by Crippen LogP contribution is 2.24. The van der Waals surface area contributed by atoms with Crippen molar-refractivity contribution in [2.75, 3.05) is 6.61 Å². The number of hydrogen-bond donors (Lipinski definition) is 5. The Hall–Kier alpha value is -1.75. The van der Waals surface area contributed by atoms with Gasteiger partial charge in [-0.25, -0.2) is 4.79 Å². The van der Waals surface area contributed by atoms with Crippen molar-refractivity contribution in [2.45, 2.75) is 37.6 Å². The fourth-order valence-corrected chi connectivity index (χ4v) is 2.10. The number of hydrogen-bond acceptors (Lipinski definition) is 9. The summed E-state index contributed by atoms with van der Waals surface area (Å²) >= 11 is 0. The lowest BCUT2D eigenvalue weighted by Gasteiger charge is -2.38. The Balaban J connectivity index is 2.02. The molecule has 1 heterocycles. The summed E-state index contributed by atoms with van der Waals surface area (Å²) in [6, 6.07) is 4.26. The fourth-order valence-electron chi connectivity index (χ4n) is 2.10. The molecule has 0 aromatic heterocycles. The first-order valence-electron chi connectivity index (χ1n) is 6.83. The molecule has 0 bridgehead atoms. The number of carbonyl (C=O) groups is 1. The number of aromatic hydroxyl groups is 1. The van der Waals surface area contributed by atoms with Crippen LogP contribution in [0.15, 0.2) is 18.2 Å². The van der Waals surface area contributed by atoms with Gasteiger partial charge in [0, 0.05) is 0 Å². The number of aliphatic hydroxyl groups excluding tert-OH is 4. The number of rotatable bonds is 4. The van der Waals surface area contributed by atoms with Gasteiger partial charge in [0.05, 0.1) is 6.61 Å². The zero-order chi connectivity index (χ0) is 17.1. The Bertz CT molecular complexity index is 559. The first-order chi connectivity index (χ1) is 10.8. The van der Waals surface area contributed by atoms with Gasteiger partial charge in [0.25, 0.3) is 0 Å². The minimum absolute atomic E-state index is 0.158. The Morgan fingerprint density at radius 2 is 1.91 bits per heavy atom. The molecule has 1 aliphatic rings. The summed E-state index contributed by atoms with van der Waals surface area (Å²) in [7, 11) is 0. The summed E-state index contributed by atoms with van der Waals surface area (Å²) in [5, 5.41) is 47.5. The molecule has 0 saturated carbocycles. The number of aliphatic hydroxyl groups is 4. The van der Waals surface area contributed by atoms with E-state index in [2.05, 4.69) is 9.78 Å².